The molecule has 4 nitrogen and oxygen atoms in total. The molecule has 1 N–H and O–H groups in total. The number of nitrogens with zero attached hydrogens (tertiary/aromatic N) is 1. The van der Waals surface area contributed by atoms with Crippen LogP contribution in [-0.2, 0) is 15.5 Å². The van der Waals surface area contributed by atoms with Gasteiger partial charge in [-0.05, 0) is 26.0 Å². The zero-order valence-electron chi connectivity index (χ0n) is 14.0. The Bertz CT molecular complexity index is 711. The van der Waals surface area contributed by atoms with Gasteiger partial charge >= 0.3 is 51.4 Å². The minimum atomic E-state index is -4.17. The Kier molecular flexibility index (Phi) is 6.17. The molecule has 0 spiro atoms. The van der Waals surface area contributed by atoms with Gasteiger partial charge in [0.05, 0.1) is 10.3 Å². The smallest absolute Gasteiger partial charge is 1.00 e. The van der Waals surface area contributed by atoms with Gasteiger partial charge in [-0.2, -0.15) is 13.0 Å². The first-order valence-electron chi connectivity index (χ1n) is 6.54. The van der Waals surface area contributed by atoms with Gasteiger partial charge in [-0.1, -0.05) is 6.08 Å². The van der Waals surface area contributed by atoms with Crippen molar-refractivity contribution in [1.82, 2.24) is 0 Å². The SMILES string of the molecule is C=CCC[N+]1=C(C)C(C)(C)c2cc(S(=O)(=O)O)ccc21.[H-].[K+]. The topological polar surface area (TPSA) is 57.4 Å². The quantitative estimate of drug-likeness (QED) is 0.366. The first-order chi connectivity index (χ1) is 9.19. The second-order valence-electron chi connectivity index (χ2n) is 5.59. The van der Waals surface area contributed by atoms with E-state index in [0.717, 1.165) is 24.2 Å². The van der Waals surface area contributed by atoms with Crippen molar-refractivity contribution in [2.75, 3.05) is 6.54 Å². The molecule has 0 fully saturated rings. The van der Waals surface area contributed by atoms with Crippen molar-refractivity contribution in [3.63, 3.8) is 0 Å². The predicted octanol–water partition coefficient (Wildman–Crippen LogP) is 0.0220. The molecule has 0 amide bonds. The van der Waals surface area contributed by atoms with Crippen molar-refractivity contribution in [3.05, 3.63) is 36.4 Å². The fourth-order valence-electron chi connectivity index (χ4n) is 2.63. The summed E-state index contributed by atoms with van der Waals surface area (Å²) in [6.45, 7) is 10.7. The molecule has 1 aliphatic heterocycles. The Morgan fingerprint density at radius 1 is 1.43 bits per heavy atom. The first kappa shape index (κ1) is 19.2. The van der Waals surface area contributed by atoms with Gasteiger partial charge in [-0.25, -0.2) is 0 Å². The third-order valence-corrected chi connectivity index (χ3v) is 4.95. The summed E-state index contributed by atoms with van der Waals surface area (Å²) in [7, 11) is -4.17. The van der Waals surface area contributed by atoms with Crippen LogP contribution in [0.15, 0.2) is 35.7 Å². The molecule has 1 aliphatic rings. The summed E-state index contributed by atoms with van der Waals surface area (Å²) in [4.78, 5) is -0.0531. The maximum atomic E-state index is 11.3. The van der Waals surface area contributed by atoms with Gasteiger partial charge in [0.25, 0.3) is 10.1 Å². The van der Waals surface area contributed by atoms with Gasteiger partial charge in [0.1, 0.15) is 0 Å². The molecule has 2 rings (SSSR count). The van der Waals surface area contributed by atoms with E-state index in [2.05, 4.69) is 31.9 Å². The molecule has 1 heterocycles. The third-order valence-electron chi connectivity index (χ3n) is 4.10. The largest absolute Gasteiger partial charge is 1.00 e. The monoisotopic (exact) mass is 334 g/mol. The van der Waals surface area contributed by atoms with Crippen LogP contribution in [0.1, 0.15) is 34.2 Å². The molecule has 1 aromatic carbocycles. The summed E-state index contributed by atoms with van der Waals surface area (Å²) >= 11 is 0. The Morgan fingerprint density at radius 3 is 2.57 bits per heavy atom. The van der Waals surface area contributed by atoms with E-state index in [-0.39, 0.29) is 63.1 Å². The van der Waals surface area contributed by atoms with Crippen molar-refractivity contribution in [3.8, 4) is 0 Å². The van der Waals surface area contributed by atoms with Gasteiger partial charge < -0.3 is 1.43 Å². The van der Waals surface area contributed by atoms with Crippen LogP contribution in [0.4, 0.5) is 5.69 Å². The van der Waals surface area contributed by atoms with E-state index >= 15 is 0 Å². The predicted molar refractivity (Wildman–Crippen MR) is 80.7 cm³/mol. The number of rotatable bonds is 4. The molecule has 1 aromatic rings. The van der Waals surface area contributed by atoms with Crippen molar-refractivity contribution >= 4 is 21.5 Å². The van der Waals surface area contributed by atoms with Crippen LogP contribution in [0.2, 0.25) is 0 Å². The van der Waals surface area contributed by atoms with Crippen LogP contribution in [0.3, 0.4) is 0 Å². The van der Waals surface area contributed by atoms with Gasteiger partial charge in [0, 0.05) is 25.0 Å². The summed E-state index contributed by atoms with van der Waals surface area (Å²) < 4.78 is 34.0. The maximum absolute atomic E-state index is 11.3. The Hall–Kier alpha value is 0.176. The van der Waals surface area contributed by atoms with E-state index < -0.39 is 10.1 Å². The molecular weight excluding hydrogens is 313 g/mol. The zero-order chi connectivity index (χ0) is 15.1. The van der Waals surface area contributed by atoms with Gasteiger partial charge in [0.15, 0.2) is 12.3 Å². The third kappa shape index (κ3) is 3.58. The molecule has 110 valence electrons. The molecule has 0 saturated carbocycles. The Balaban J connectivity index is 0.00000220. The second-order valence-corrected chi connectivity index (χ2v) is 7.01. The summed E-state index contributed by atoms with van der Waals surface area (Å²) in [5.74, 6) is 0. The summed E-state index contributed by atoms with van der Waals surface area (Å²) in [6.07, 6.45) is 2.72. The maximum Gasteiger partial charge on any atom is 1.00 e. The molecule has 6 heteroatoms. The van der Waals surface area contributed by atoms with Crippen LogP contribution >= 0.6 is 0 Å². The van der Waals surface area contributed by atoms with Crippen molar-refractivity contribution in [2.45, 2.75) is 37.5 Å². The minimum absolute atomic E-state index is 0. The summed E-state index contributed by atoms with van der Waals surface area (Å²) in [5.41, 5.74) is 2.84. The van der Waals surface area contributed by atoms with Gasteiger partial charge in [0.2, 0.25) is 5.69 Å². The van der Waals surface area contributed by atoms with E-state index in [0.29, 0.717) is 0 Å². The molecular formula is C15H21KNO3S+. The molecule has 0 aromatic heterocycles. The van der Waals surface area contributed by atoms with Crippen molar-refractivity contribution in [1.29, 1.82) is 0 Å². The Morgan fingerprint density at radius 2 is 2.05 bits per heavy atom. The van der Waals surface area contributed by atoms with Crippen molar-refractivity contribution in [2.24, 2.45) is 0 Å². The first-order valence-corrected chi connectivity index (χ1v) is 7.98. The molecule has 21 heavy (non-hydrogen) atoms. The van der Waals surface area contributed by atoms with Crippen LogP contribution < -0.4 is 51.4 Å². The summed E-state index contributed by atoms with van der Waals surface area (Å²) in [6, 6.07) is 4.78. The molecule has 0 unspecified atom stereocenters. The van der Waals surface area contributed by atoms with Gasteiger partial charge in [-0.3, -0.25) is 4.55 Å². The van der Waals surface area contributed by atoms with Crippen molar-refractivity contribution < 1.29 is 70.4 Å². The molecule has 0 saturated heterocycles. The second kappa shape index (κ2) is 6.74. The average molecular weight is 335 g/mol. The Labute approximate surface area is 170 Å². The van der Waals surface area contributed by atoms with Gasteiger partial charge in [-0.15, -0.1) is 6.58 Å². The van der Waals surface area contributed by atoms with E-state index in [1.54, 1.807) is 12.1 Å². The number of hydrogen-bond donors (Lipinski definition) is 1. The molecule has 0 atom stereocenters. The van der Waals surface area contributed by atoms with Crippen LogP contribution in [0, 0.1) is 0 Å². The molecule has 0 radical (unpaired) electrons. The van der Waals surface area contributed by atoms with Crippen LogP contribution in [0.5, 0.6) is 0 Å². The summed E-state index contributed by atoms with van der Waals surface area (Å²) in [5, 5.41) is 0. The fourth-order valence-corrected chi connectivity index (χ4v) is 3.14. The molecule has 0 aliphatic carbocycles. The number of fused-ring (bicyclic) bond motifs is 1. The zero-order valence-corrected chi connectivity index (χ0v) is 17.0. The number of hydrogen-bond acceptors (Lipinski definition) is 2. The van der Waals surface area contributed by atoms with E-state index in [1.165, 1.54) is 11.8 Å². The van der Waals surface area contributed by atoms with Crippen LogP contribution in [0.25, 0.3) is 0 Å². The van der Waals surface area contributed by atoms with E-state index in [4.69, 9.17) is 0 Å². The van der Waals surface area contributed by atoms with E-state index in [9.17, 15) is 13.0 Å². The fraction of sp³-hybridized carbons (Fsp3) is 0.400. The van der Waals surface area contributed by atoms with E-state index in [1.807, 2.05) is 6.08 Å². The minimum Gasteiger partial charge on any atom is -1.00 e. The van der Waals surface area contributed by atoms with Crippen LogP contribution in [-0.4, -0.2) is 29.8 Å². The average Bonchev–Trinajstić information content (AvgIpc) is 2.55. The molecule has 0 bridgehead atoms. The standard InChI is InChI=1S/C15H19NO3S.K.H/c1-5-6-9-16-11(2)15(3,4)13-10-12(20(17,18)19)7-8-14(13)16;;/h5,7-8,10H,1,6,9H2,2-4H3;;/q;+1;-1/p+1. The normalized spacial score (nSPS) is 16.4. The number of benzene rings is 1.